The number of nitrogens with one attached hydrogen (secondary N) is 1. The summed E-state index contributed by atoms with van der Waals surface area (Å²) in [6.45, 7) is 8.55. The van der Waals surface area contributed by atoms with Crippen molar-refractivity contribution in [3.63, 3.8) is 0 Å². The minimum absolute atomic E-state index is 0.419. The van der Waals surface area contributed by atoms with Gasteiger partial charge in [0.25, 0.3) is 0 Å². The van der Waals surface area contributed by atoms with Gasteiger partial charge in [-0.2, -0.15) is 0 Å². The number of nitrogen functional groups attached to an aromatic ring is 1. The molecular weight excluding hydrogens is 420 g/mol. The largest absolute Gasteiger partial charge is 0.384 e. The first kappa shape index (κ1) is 24.6. The lowest BCUT2D eigenvalue weighted by atomic mass is 10.1. The number of rotatable bonds is 7. The van der Waals surface area contributed by atoms with Crippen LogP contribution in [0.1, 0.15) is 23.9 Å². The number of aromatic nitrogens is 3. The Labute approximate surface area is 195 Å². The molecule has 0 aliphatic carbocycles. The average molecular weight is 455 g/mol. The highest BCUT2D eigenvalue weighted by Gasteiger charge is 2.21. The van der Waals surface area contributed by atoms with Crippen LogP contribution in [0.5, 0.6) is 0 Å². The predicted octanol–water partition coefficient (Wildman–Crippen LogP) is 3.03. The van der Waals surface area contributed by atoms with E-state index in [1.807, 2.05) is 41.8 Å². The van der Waals surface area contributed by atoms with Gasteiger partial charge in [0.05, 0.1) is 25.5 Å². The second kappa shape index (κ2) is 11.7. The van der Waals surface area contributed by atoms with Crippen molar-refractivity contribution in [1.29, 1.82) is 5.41 Å². The molecule has 1 aliphatic heterocycles. The van der Waals surface area contributed by atoms with E-state index in [0.717, 1.165) is 41.3 Å². The molecular formula is C24H34N6O3. The van der Waals surface area contributed by atoms with Crippen molar-refractivity contribution < 1.29 is 14.2 Å². The van der Waals surface area contributed by atoms with Crippen LogP contribution in [0, 0.1) is 12.3 Å². The summed E-state index contributed by atoms with van der Waals surface area (Å²) in [6.07, 6.45) is 0. The van der Waals surface area contributed by atoms with Crippen molar-refractivity contribution >= 4 is 28.4 Å². The van der Waals surface area contributed by atoms with E-state index >= 15 is 0 Å². The van der Waals surface area contributed by atoms with Crippen molar-refractivity contribution in [3.05, 3.63) is 47.3 Å². The lowest BCUT2D eigenvalue weighted by molar-refractivity contribution is 0.123. The van der Waals surface area contributed by atoms with Crippen LogP contribution in [-0.4, -0.2) is 67.4 Å². The van der Waals surface area contributed by atoms with Gasteiger partial charge in [-0.1, -0.05) is 29.8 Å². The Morgan fingerprint density at radius 3 is 2.52 bits per heavy atom. The quantitative estimate of drug-likeness (QED) is 0.528. The number of morpholine rings is 1. The number of fused-ring (bicyclic) bond motifs is 1. The van der Waals surface area contributed by atoms with Gasteiger partial charge in [-0.25, -0.2) is 9.97 Å². The summed E-state index contributed by atoms with van der Waals surface area (Å²) in [5, 5.41) is 7.33. The monoisotopic (exact) mass is 454 g/mol. The van der Waals surface area contributed by atoms with Crippen molar-refractivity contribution in [2.45, 2.75) is 27.0 Å². The highest BCUT2D eigenvalue weighted by atomic mass is 16.5. The second-order valence-corrected chi connectivity index (χ2v) is 7.94. The minimum atomic E-state index is 0.419. The van der Waals surface area contributed by atoms with Gasteiger partial charge in [0.15, 0.2) is 5.65 Å². The second-order valence-electron chi connectivity index (χ2n) is 7.94. The Balaban J connectivity index is 0.000000257. The van der Waals surface area contributed by atoms with Gasteiger partial charge < -0.3 is 34.8 Å². The van der Waals surface area contributed by atoms with Crippen LogP contribution in [0.3, 0.4) is 0 Å². The Morgan fingerprint density at radius 2 is 1.91 bits per heavy atom. The third-order valence-corrected chi connectivity index (χ3v) is 5.38. The summed E-state index contributed by atoms with van der Waals surface area (Å²) < 4.78 is 17.9. The first-order chi connectivity index (χ1) is 15.9. The maximum atomic E-state index is 7.33. The molecule has 0 radical (unpaired) electrons. The molecule has 3 heterocycles. The molecule has 3 aromatic rings. The molecule has 0 spiro atoms. The summed E-state index contributed by atoms with van der Waals surface area (Å²) in [7, 11) is 3.33. The molecule has 0 amide bonds. The van der Waals surface area contributed by atoms with E-state index in [1.165, 1.54) is 5.56 Å². The van der Waals surface area contributed by atoms with Crippen LogP contribution in [-0.2, 0) is 27.4 Å². The fourth-order valence-electron chi connectivity index (χ4n) is 3.72. The lowest BCUT2D eigenvalue weighted by Crippen LogP contribution is -2.36. The highest BCUT2D eigenvalue weighted by molar-refractivity contribution is 5.96. The van der Waals surface area contributed by atoms with Gasteiger partial charge in [-0.05, 0) is 19.4 Å². The van der Waals surface area contributed by atoms with Crippen LogP contribution in [0.25, 0.3) is 11.2 Å². The zero-order valence-corrected chi connectivity index (χ0v) is 19.9. The van der Waals surface area contributed by atoms with Crippen LogP contribution >= 0.6 is 0 Å². The highest BCUT2D eigenvalue weighted by Crippen LogP contribution is 2.29. The molecule has 1 aliphatic rings. The van der Waals surface area contributed by atoms with E-state index in [-0.39, 0.29) is 0 Å². The van der Waals surface area contributed by atoms with Crippen LogP contribution < -0.4 is 10.6 Å². The molecule has 0 unspecified atom stereocenters. The number of pyridine rings is 1. The Kier molecular flexibility index (Phi) is 8.76. The third-order valence-electron chi connectivity index (χ3n) is 5.38. The molecule has 1 aromatic carbocycles. The summed E-state index contributed by atoms with van der Waals surface area (Å²) in [6, 6.07) is 9.87. The molecule has 2 aromatic heterocycles. The van der Waals surface area contributed by atoms with Crippen LogP contribution in [0.4, 0.5) is 11.5 Å². The van der Waals surface area contributed by atoms with Gasteiger partial charge in [0.1, 0.15) is 23.8 Å². The topological polar surface area (TPSA) is 112 Å². The average Bonchev–Trinajstić information content (AvgIpc) is 3.15. The number of anilines is 2. The Hall–Kier alpha value is -3.01. The molecule has 1 saturated heterocycles. The molecule has 9 nitrogen and oxygen atoms in total. The number of hydrogen-bond acceptors (Lipinski definition) is 8. The van der Waals surface area contributed by atoms with Crippen molar-refractivity contribution in [2.75, 3.05) is 57.8 Å². The molecule has 178 valence electrons. The number of benzene rings is 1. The predicted molar refractivity (Wildman–Crippen MR) is 131 cm³/mol. The summed E-state index contributed by atoms with van der Waals surface area (Å²) >= 11 is 0. The minimum Gasteiger partial charge on any atom is -0.384 e. The van der Waals surface area contributed by atoms with Gasteiger partial charge in [0.2, 0.25) is 0 Å². The number of nitrogens with two attached hydrogens (primary N) is 1. The van der Waals surface area contributed by atoms with Crippen LogP contribution in [0.15, 0.2) is 30.3 Å². The Bertz CT molecular complexity index is 1080. The van der Waals surface area contributed by atoms with Gasteiger partial charge >= 0.3 is 0 Å². The number of hydrogen-bond donors (Lipinski definition) is 2. The van der Waals surface area contributed by atoms with E-state index in [2.05, 4.69) is 9.88 Å². The van der Waals surface area contributed by atoms with E-state index < -0.39 is 0 Å². The normalized spacial score (nSPS) is 13.6. The maximum Gasteiger partial charge on any atom is 0.164 e. The van der Waals surface area contributed by atoms with Gasteiger partial charge in [-0.15, -0.1) is 0 Å². The summed E-state index contributed by atoms with van der Waals surface area (Å²) in [4.78, 5) is 11.5. The number of aryl methyl sites for hydroxylation is 1. The zero-order chi connectivity index (χ0) is 23.8. The lowest BCUT2D eigenvalue weighted by Gasteiger charge is -2.29. The Morgan fingerprint density at radius 1 is 1.15 bits per heavy atom. The van der Waals surface area contributed by atoms with Crippen LogP contribution in [0.2, 0.25) is 0 Å². The number of nitrogens with zero attached hydrogens (tertiary/aromatic N) is 4. The molecule has 1 fully saturated rings. The SMILES string of the molecule is CC(=N)c1cccc(C)c1.COCCn1c(COC)nc2c(N3CCOCC3)cc(N)nc21. The van der Waals surface area contributed by atoms with Gasteiger partial charge in [-0.3, -0.25) is 0 Å². The summed E-state index contributed by atoms with van der Waals surface area (Å²) in [5.74, 6) is 1.31. The number of imidazole rings is 1. The molecule has 3 N–H and O–H groups in total. The van der Waals surface area contributed by atoms with E-state index in [0.29, 0.717) is 44.5 Å². The van der Waals surface area contributed by atoms with E-state index in [4.69, 9.17) is 30.3 Å². The van der Waals surface area contributed by atoms with Crippen molar-refractivity contribution in [2.24, 2.45) is 0 Å². The van der Waals surface area contributed by atoms with Gasteiger partial charge in [0, 0.05) is 45.6 Å². The molecule has 4 rings (SSSR count). The summed E-state index contributed by atoms with van der Waals surface area (Å²) in [5.41, 5.74) is 11.5. The fraction of sp³-hybridized carbons (Fsp3) is 0.458. The first-order valence-corrected chi connectivity index (χ1v) is 11.0. The molecule has 0 saturated carbocycles. The van der Waals surface area contributed by atoms with E-state index in [1.54, 1.807) is 21.1 Å². The molecule has 9 heteroatoms. The smallest absolute Gasteiger partial charge is 0.164 e. The third kappa shape index (κ3) is 6.28. The van der Waals surface area contributed by atoms with Crippen molar-refractivity contribution in [3.8, 4) is 0 Å². The van der Waals surface area contributed by atoms with Crippen molar-refractivity contribution in [1.82, 2.24) is 14.5 Å². The molecule has 0 atom stereocenters. The number of ether oxygens (including phenoxy) is 3. The maximum absolute atomic E-state index is 7.33. The molecule has 0 bridgehead atoms. The number of methoxy groups -OCH3 is 2. The fourth-order valence-corrected chi connectivity index (χ4v) is 3.72. The first-order valence-electron chi connectivity index (χ1n) is 11.0. The standard InChI is InChI=1S/C15H23N5O3.C9H11N/c1-21-6-5-20-13(10-22-2)18-14-11(9-12(16)17-15(14)20)19-3-7-23-8-4-19;1-7-4-3-5-9(6-7)8(2)10/h9H,3-8,10H2,1-2H3,(H2,16,17);3-6,10H,1-2H3. The zero-order valence-electron chi connectivity index (χ0n) is 19.9. The van der Waals surface area contributed by atoms with E-state index in [9.17, 15) is 0 Å². The molecule has 33 heavy (non-hydrogen) atoms.